The molecule has 0 radical (unpaired) electrons. The Hall–Kier alpha value is -1.16. The molecular formula is C17H25F2NO. The van der Waals surface area contributed by atoms with Crippen molar-refractivity contribution in [2.24, 2.45) is 5.92 Å². The zero-order chi connectivity index (χ0) is 15.1. The quantitative estimate of drug-likeness (QED) is 0.766. The van der Waals surface area contributed by atoms with Crippen LogP contribution in [0, 0.1) is 5.92 Å². The molecule has 1 N–H and O–H groups in total. The molecule has 2 nitrogen and oxygen atoms in total. The van der Waals surface area contributed by atoms with Gasteiger partial charge in [-0.25, -0.2) is 0 Å². The normalized spacial score (nSPS) is 18.5. The van der Waals surface area contributed by atoms with Crippen LogP contribution in [0.25, 0.3) is 0 Å². The minimum atomic E-state index is -2.77. The second-order valence-corrected chi connectivity index (χ2v) is 5.91. The molecule has 4 heteroatoms. The third-order valence-electron chi connectivity index (χ3n) is 4.41. The number of ether oxygens (including phenoxy) is 1. The molecule has 1 saturated carbocycles. The fourth-order valence-corrected chi connectivity index (χ4v) is 3.11. The number of halogens is 2. The number of para-hydroxylation sites is 1. The van der Waals surface area contributed by atoms with Gasteiger partial charge in [-0.05, 0) is 31.7 Å². The molecule has 0 unspecified atom stereocenters. The van der Waals surface area contributed by atoms with E-state index in [2.05, 4.69) is 17.0 Å². The number of benzene rings is 1. The first kappa shape index (κ1) is 16.2. The predicted octanol–water partition coefficient (Wildman–Crippen LogP) is 4.74. The standard InChI is InChI=1S/C17H25F2NO/c1-13(14-8-4-2-3-5-9-14)20-12-15-10-6-7-11-16(15)21-17(18)19/h6-7,10-11,13-14,17,20H,2-5,8-9,12H2,1H3/t13-/m1/s1. The van der Waals surface area contributed by atoms with Crippen molar-refractivity contribution in [1.82, 2.24) is 5.32 Å². The van der Waals surface area contributed by atoms with E-state index in [9.17, 15) is 8.78 Å². The molecule has 21 heavy (non-hydrogen) atoms. The zero-order valence-corrected chi connectivity index (χ0v) is 12.7. The fraction of sp³-hybridized carbons (Fsp3) is 0.647. The van der Waals surface area contributed by atoms with E-state index in [1.807, 2.05) is 12.1 Å². The molecule has 0 aliphatic heterocycles. The molecule has 2 rings (SSSR count). The van der Waals surface area contributed by atoms with E-state index in [1.165, 1.54) is 38.5 Å². The molecule has 1 aromatic rings. The first-order valence-electron chi connectivity index (χ1n) is 7.93. The van der Waals surface area contributed by atoms with E-state index < -0.39 is 6.61 Å². The number of rotatable bonds is 6. The Labute approximate surface area is 125 Å². The second kappa shape index (κ2) is 8.32. The van der Waals surface area contributed by atoms with Crippen LogP contribution in [0.4, 0.5) is 8.78 Å². The van der Waals surface area contributed by atoms with E-state index >= 15 is 0 Å². The topological polar surface area (TPSA) is 21.3 Å². The summed E-state index contributed by atoms with van der Waals surface area (Å²) in [4.78, 5) is 0. The van der Waals surface area contributed by atoms with Gasteiger partial charge in [0.15, 0.2) is 0 Å². The molecular weight excluding hydrogens is 272 g/mol. The van der Waals surface area contributed by atoms with Crippen LogP contribution in [0.1, 0.15) is 51.0 Å². The molecule has 0 bridgehead atoms. The minimum Gasteiger partial charge on any atom is -0.434 e. The Bertz CT molecular complexity index is 417. The molecule has 1 aliphatic rings. The Morgan fingerprint density at radius 2 is 1.81 bits per heavy atom. The summed E-state index contributed by atoms with van der Waals surface area (Å²) in [6.07, 6.45) is 7.83. The van der Waals surface area contributed by atoms with Crippen molar-refractivity contribution < 1.29 is 13.5 Å². The summed E-state index contributed by atoms with van der Waals surface area (Å²) in [5, 5.41) is 3.49. The maximum atomic E-state index is 12.4. The SMILES string of the molecule is C[C@@H](NCc1ccccc1OC(F)F)C1CCCCCC1. The van der Waals surface area contributed by atoms with Gasteiger partial charge < -0.3 is 10.1 Å². The van der Waals surface area contributed by atoms with Gasteiger partial charge in [-0.3, -0.25) is 0 Å². The lowest BCUT2D eigenvalue weighted by atomic mass is 9.93. The number of hydrogen-bond acceptors (Lipinski definition) is 2. The van der Waals surface area contributed by atoms with Gasteiger partial charge in [0, 0.05) is 18.2 Å². The van der Waals surface area contributed by atoms with Gasteiger partial charge in [-0.1, -0.05) is 43.9 Å². The van der Waals surface area contributed by atoms with Crippen LogP contribution in [-0.4, -0.2) is 12.7 Å². The van der Waals surface area contributed by atoms with Gasteiger partial charge >= 0.3 is 6.61 Å². The van der Waals surface area contributed by atoms with Crippen LogP contribution in [0.3, 0.4) is 0 Å². The van der Waals surface area contributed by atoms with E-state index in [0.29, 0.717) is 18.5 Å². The molecule has 1 aliphatic carbocycles. The number of hydrogen-bond donors (Lipinski definition) is 1. The van der Waals surface area contributed by atoms with Crippen molar-refractivity contribution in [3.63, 3.8) is 0 Å². The van der Waals surface area contributed by atoms with Crippen LogP contribution in [0.15, 0.2) is 24.3 Å². The summed E-state index contributed by atoms with van der Waals surface area (Å²) in [7, 11) is 0. The highest BCUT2D eigenvalue weighted by Gasteiger charge is 2.19. The van der Waals surface area contributed by atoms with Crippen molar-refractivity contribution in [1.29, 1.82) is 0 Å². The van der Waals surface area contributed by atoms with E-state index in [0.717, 1.165) is 5.56 Å². The van der Waals surface area contributed by atoms with E-state index in [1.54, 1.807) is 12.1 Å². The summed E-state index contributed by atoms with van der Waals surface area (Å²) in [5.74, 6) is 0.962. The van der Waals surface area contributed by atoms with Crippen LogP contribution in [-0.2, 0) is 6.54 Å². The van der Waals surface area contributed by atoms with Crippen molar-refractivity contribution in [2.45, 2.75) is 64.6 Å². The third-order valence-corrected chi connectivity index (χ3v) is 4.41. The molecule has 1 fully saturated rings. The molecule has 1 atom stereocenters. The van der Waals surface area contributed by atoms with E-state index in [-0.39, 0.29) is 5.75 Å². The largest absolute Gasteiger partial charge is 0.434 e. The lowest BCUT2D eigenvalue weighted by molar-refractivity contribution is -0.0505. The predicted molar refractivity (Wildman–Crippen MR) is 80.6 cm³/mol. The Balaban J connectivity index is 1.89. The van der Waals surface area contributed by atoms with Crippen molar-refractivity contribution >= 4 is 0 Å². The lowest BCUT2D eigenvalue weighted by Gasteiger charge is -2.24. The molecule has 1 aromatic carbocycles. The number of alkyl halides is 2. The minimum absolute atomic E-state index is 0.271. The highest BCUT2D eigenvalue weighted by molar-refractivity contribution is 5.33. The average molecular weight is 297 g/mol. The van der Waals surface area contributed by atoms with Gasteiger partial charge in [-0.15, -0.1) is 0 Å². The van der Waals surface area contributed by atoms with Crippen molar-refractivity contribution in [3.05, 3.63) is 29.8 Å². The second-order valence-electron chi connectivity index (χ2n) is 5.91. The molecule has 0 amide bonds. The third kappa shape index (κ3) is 5.27. The molecule has 0 aromatic heterocycles. The smallest absolute Gasteiger partial charge is 0.387 e. The van der Waals surface area contributed by atoms with Crippen LogP contribution >= 0.6 is 0 Å². The zero-order valence-electron chi connectivity index (χ0n) is 12.7. The van der Waals surface area contributed by atoms with Gasteiger partial charge in [0.05, 0.1) is 0 Å². The molecule has 0 heterocycles. The fourth-order valence-electron chi connectivity index (χ4n) is 3.11. The van der Waals surface area contributed by atoms with Gasteiger partial charge in [0.1, 0.15) is 5.75 Å². The maximum Gasteiger partial charge on any atom is 0.387 e. The average Bonchev–Trinajstić information content (AvgIpc) is 2.74. The molecule has 0 spiro atoms. The first-order chi connectivity index (χ1) is 10.2. The van der Waals surface area contributed by atoms with Crippen LogP contribution in [0.2, 0.25) is 0 Å². The van der Waals surface area contributed by atoms with Gasteiger partial charge in [0.2, 0.25) is 0 Å². The Morgan fingerprint density at radius 3 is 2.48 bits per heavy atom. The highest BCUT2D eigenvalue weighted by atomic mass is 19.3. The summed E-state index contributed by atoms with van der Waals surface area (Å²) in [6.45, 7) is -0.00179. The number of nitrogens with one attached hydrogen (secondary N) is 1. The van der Waals surface area contributed by atoms with Gasteiger partial charge in [0.25, 0.3) is 0 Å². The van der Waals surface area contributed by atoms with Crippen molar-refractivity contribution in [2.75, 3.05) is 0 Å². The Morgan fingerprint density at radius 1 is 1.14 bits per heavy atom. The molecule has 118 valence electrons. The summed E-state index contributed by atoms with van der Waals surface area (Å²) >= 11 is 0. The molecule has 0 saturated heterocycles. The summed E-state index contributed by atoms with van der Waals surface area (Å²) in [5.41, 5.74) is 0.790. The lowest BCUT2D eigenvalue weighted by Crippen LogP contribution is -2.33. The summed E-state index contributed by atoms with van der Waals surface area (Å²) < 4.78 is 29.4. The monoisotopic (exact) mass is 297 g/mol. The first-order valence-corrected chi connectivity index (χ1v) is 7.93. The summed E-state index contributed by atoms with van der Waals surface area (Å²) in [6, 6.07) is 7.41. The maximum absolute atomic E-state index is 12.4. The van der Waals surface area contributed by atoms with Crippen LogP contribution in [0.5, 0.6) is 5.75 Å². The highest BCUT2D eigenvalue weighted by Crippen LogP contribution is 2.26. The van der Waals surface area contributed by atoms with Crippen molar-refractivity contribution in [3.8, 4) is 5.75 Å². The van der Waals surface area contributed by atoms with E-state index in [4.69, 9.17) is 0 Å². The Kier molecular flexibility index (Phi) is 6.43. The van der Waals surface area contributed by atoms with Crippen LogP contribution < -0.4 is 10.1 Å². The van der Waals surface area contributed by atoms with Gasteiger partial charge in [-0.2, -0.15) is 8.78 Å².